The highest BCUT2D eigenvalue weighted by Gasteiger charge is 2.64. The number of fused-ring (bicyclic) bond motifs is 1. The van der Waals surface area contributed by atoms with Gasteiger partial charge in [-0.1, -0.05) is 0 Å². The molecule has 9 heteroatoms. The van der Waals surface area contributed by atoms with Crippen LogP contribution in [0.15, 0.2) is 0 Å². The largest absolute Gasteiger partial charge is 0.511 e. The molecular weight excluding hydrogens is 326 g/mol. The fourth-order valence-electron chi connectivity index (χ4n) is 2.67. The van der Waals surface area contributed by atoms with Crippen LogP contribution in [-0.4, -0.2) is 65.2 Å². The minimum absolute atomic E-state index is 0.169. The quantitative estimate of drug-likeness (QED) is 0.401. The molecule has 8 nitrogen and oxygen atoms in total. The van der Waals surface area contributed by atoms with E-state index >= 15 is 0 Å². The number of thioether (sulfide) groups is 1. The molecule has 2 aliphatic rings. The van der Waals surface area contributed by atoms with Crippen LogP contribution in [0.3, 0.4) is 0 Å². The summed E-state index contributed by atoms with van der Waals surface area (Å²) in [4.78, 5) is 37.0. The Morgan fingerprint density at radius 1 is 1.17 bits per heavy atom. The van der Waals surface area contributed by atoms with E-state index in [0.717, 1.165) is 0 Å². The molecule has 2 rings (SSSR count). The molecule has 0 spiro atoms. The second kappa shape index (κ2) is 6.96. The average Bonchev–Trinajstić information content (AvgIpc) is 2.73. The Hall–Kier alpha value is -1.48. The van der Waals surface area contributed by atoms with Gasteiger partial charge >= 0.3 is 12.1 Å². The molecular formula is C14H21NO7S. The maximum absolute atomic E-state index is 12.3. The second-order valence-corrected chi connectivity index (χ2v) is 7.32. The van der Waals surface area contributed by atoms with Crippen molar-refractivity contribution in [1.29, 1.82) is 0 Å². The molecule has 0 aromatic carbocycles. The first kappa shape index (κ1) is 17.9. The topological polar surface area (TPSA) is 91.4 Å². The zero-order valence-corrected chi connectivity index (χ0v) is 14.4. The summed E-state index contributed by atoms with van der Waals surface area (Å²) >= 11 is 1.50. The number of amides is 1. The van der Waals surface area contributed by atoms with Gasteiger partial charge in [-0.25, -0.2) is 9.59 Å². The lowest BCUT2D eigenvalue weighted by molar-refractivity contribution is -0.180. The maximum atomic E-state index is 12.3. The Balaban J connectivity index is 1.94. The zero-order chi connectivity index (χ0) is 17.2. The van der Waals surface area contributed by atoms with E-state index in [4.69, 9.17) is 9.47 Å². The van der Waals surface area contributed by atoms with Crippen molar-refractivity contribution < 1.29 is 33.3 Å². The van der Waals surface area contributed by atoms with Crippen LogP contribution >= 0.6 is 11.8 Å². The van der Waals surface area contributed by atoms with Crippen LogP contribution in [0.1, 0.15) is 27.7 Å². The van der Waals surface area contributed by atoms with E-state index in [1.807, 2.05) is 20.8 Å². The number of hydrogen-bond donors (Lipinski definition) is 0. The number of esters is 1. The van der Waals surface area contributed by atoms with Crippen molar-refractivity contribution in [2.24, 2.45) is 0 Å². The van der Waals surface area contributed by atoms with Crippen LogP contribution in [0, 0.1) is 0 Å². The van der Waals surface area contributed by atoms with Gasteiger partial charge in [0.2, 0.25) is 6.79 Å². The van der Waals surface area contributed by atoms with Gasteiger partial charge in [-0.15, -0.1) is 11.8 Å². The fourth-order valence-corrected chi connectivity index (χ4v) is 4.28. The summed E-state index contributed by atoms with van der Waals surface area (Å²) in [5.74, 6) is -0.833. The van der Waals surface area contributed by atoms with Crippen molar-refractivity contribution in [3.8, 4) is 0 Å². The molecule has 0 N–H and O–H groups in total. The summed E-state index contributed by atoms with van der Waals surface area (Å²) in [6.07, 6.45) is -1.42. The van der Waals surface area contributed by atoms with E-state index in [0.29, 0.717) is 6.61 Å². The molecule has 2 aliphatic heterocycles. The van der Waals surface area contributed by atoms with Crippen LogP contribution in [0.25, 0.3) is 0 Å². The molecule has 0 aliphatic carbocycles. The third-order valence-corrected chi connectivity index (χ3v) is 5.15. The van der Waals surface area contributed by atoms with Crippen LogP contribution in [0.4, 0.5) is 4.79 Å². The molecule has 0 bridgehead atoms. The van der Waals surface area contributed by atoms with Crippen molar-refractivity contribution in [2.75, 3.05) is 20.0 Å². The number of rotatable bonds is 6. The summed E-state index contributed by atoms with van der Waals surface area (Å²) in [6, 6.07) is -0.743. The normalized spacial score (nSPS) is 27.9. The summed E-state index contributed by atoms with van der Waals surface area (Å²) in [7, 11) is 0. The van der Waals surface area contributed by atoms with Gasteiger partial charge in [0.15, 0.2) is 6.10 Å². The van der Waals surface area contributed by atoms with E-state index in [1.54, 1.807) is 6.92 Å². The lowest BCUT2D eigenvalue weighted by Crippen LogP contribution is -2.66. The number of ether oxygens (including phenoxy) is 4. The molecule has 2 heterocycles. The molecule has 0 radical (unpaired) electrons. The highest BCUT2D eigenvalue weighted by molar-refractivity contribution is 8.01. The van der Waals surface area contributed by atoms with Crippen molar-refractivity contribution in [1.82, 2.24) is 4.90 Å². The third kappa shape index (κ3) is 3.40. The van der Waals surface area contributed by atoms with Gasteiger partial charge < -0.3 is 23.8 Å². The van der Waals surface area contributed by atoms with Crippen molar-refractivity contribution in [3.05, 3.63) is 0 Å². The summed E-state index contributed by atoms with van der Waals surface area (Å²) in [5, 5.41) is -0.194. The third-order valence-electron chi connectivity index (χ3n) is 3.60. The van der Waals surface area contributed by atoms with Gasteiger partial charge in [0.05, 0.1) is 6.61 Å². The van der Waals surface area contributed by atoms with E-state index in [2.05, 4.69) is 9.47 Å². The molecule has 0 aromatic rings. The Morgan fingerprint density at radius 2 is 1.87 bits per heavy atom. The lowest BCUT2D eigenvalue weighted by atomic mass is 9.97. The fraction of sp³-hybridized carbons (Fsp3) is 0.786. The summed E-state index contributed by atoms with van der Waals surface area (Å²) in [6.45, 7) is 7.24. The Morgan fingerprint density at radius 3 is 2.48 bits per heavy atom. The molecule has 2 fully saturated rings. The molecule has 0 saturated carbocycles. The van der Waals surface area contributed by atoms with Gasteiger partial charge in [0, 0.05) is 11.4 Å². The monoisotopic (exact) mass is 347 g/mol. The van der Waals surface area contributed by atoms with Gasteiger partial charge in [-0.05, 0) is 27.7 Å². The van der Waals surface area contributed by atoms with Gasteiger partial charge in [0.1, 0.15) is 11.4 Å². The molecule has 23 heavy (non-hydrogen) atoms. The Labute approximate surface area is 138 Å². The molecule has 3 atom stereocenters. The van der Waals surface area contributed by atoms with Gasteiger partial charge in [0.25, 0.3) is 5.91 Å². The van der Waals surface area contributed by atoms with Crippen LogP contribution in [0.5, 0.6) is 0 Å². The van der Waals surface area contributed by atoms with E-state index in [-0.39, 0.29) is 17.9 Å². The minimum atomic E-state index is -0.908. The van der Waals surface area contributed by atoms with E-state index < -0.39 is 35.8 Å². The van der Waals surface area contributed by atoms with Crippen LogP contribution < -0.4 is 0 Å². The summed E-state index contributed by atoms with van der Waals surface area (Å²) in [5.41, 5.74) is 0. The first-order chi connectivity index (χ1) is 10.8. The molecule has 130 valence electrons. The standard InChI is InChI=1S/C14H21NO7S/c1-5-19-8-10(16)15-9(14(3,4)23-11(8)15)12(17)21-7-22-13(18)20-6-2/h8-9,11H,5-7H2,1-4H3/t8-,9+,11-/m1/s1. The zero-order valence-electron chi connectivity index (χ0n) is 13.6. The highest BCUT2D eigenvalue weighted by Crippen LogP contribution is 2.51. The number of nitrogens with zero attached hydrogens (tertiary/aromatic N) is 1. The van der Waals surface area contributed by atoms with E-state index in [1.165, 1.54) is 16.7 Å². The lowest BCUT2D eigenvalue weighted by Gasteiger charge is -2.43. The van der Waals surface area contributed by atoms with Crippen molar-refractivity contribution >= 4 is 29.8 Å². The van der Waals surface area contributed by atoms with Gasteiger partial charge in [-0.3, -0.25) is 4.79 Å². The van der Waals surface area contributed by atoms with Crippen LogP contribution in [0.2, 0.25) is 0 Å². The van der Waals surface area contributed by atoms with E-state index in [9.17, 15) is 14.4 Å². The number of hydrogen-bond acceptors (Lipinski definition) is 8. The highest BCUT2D eigenvalue weighted by atomic mass is 32.2. The predicted octanol–water partition coefficient (Wildman–Crippen LogP) is 1.13. The number of β-lactam (4-membered cyclic amide) rings is 1. The number of carbonyl (C=O) groups is 3. The van der Waals surface area contributed by atoms with Gasteiger partial charge in [-0.2, -0.15) is 0 Å². The first-order valence-electron chi connectivity index (χ1n) is 7.41. The Bertz CT molecular complexity index is 496. The predicted molar refractivity (Wildman–Crippen MR) is 80.6 cm³/mol. The smallest absolute Gasteiger partial charge is 0.435 e. The molecule has 1 amide bonds. The second-order valence-electron chi connectivity index (χ2n) is 5.54. The van der Waals surface area contributed by atoms with Crippen molar-refractivity contribution in [3.63, 3.8) is 0 Å². The molecule has 0 aromatic heterocycles. The number of carbonyl (C=O) groups excluding carboxylic acids is 3. The maximum Gasteiger partial charge on any atom is 0.511 e. The summed E-state index contributed by atoms with van der Waals surface area (Å²) < 4.78 is 19.0. The van der Waals surface area contributed by atoms with Crippen LogP contribution in [-0.2, 0) is 28.5 Å². The first-order valence-corrected chi connectivity index (χ1v) is 8.29. The van der Waals surface area contributed by atoms with Crippen molar-refractivity contribution in [2.45, 2.75) is 50.0 Å². The minimum Gasteiger partial charge on any atom is -0.435 e. The Kier molecular flexibility index (Phi) is 5.41. The average molecular weight is 347 g/mol. The molecule has 0 unspecified atom stereocenters. The SMILES string of the molecule is CCOC(=O)OCOC(=O)[C@@H]1N2C(=O)[C@@H](OCC)[C@H]2SC1(C)C. The molecule has 2 saturated heterocycles.